The Bertz CT molecular complexity index is 339. The van der Waals surface area contributed by atoms with Crippen molar-refractivity contribution < 1.29 is 14.4 Å². The minimum Gasteiger partial charge on any atom is -0.330 e. The number of nitrogens with zero attached hydrogens (tertiary/aromatic N) is 1. The zero-order chi connectivity index (χ0) is 13.7. The fourth-order valence-corrected chi connectivity index (χ4v) is 2.09. The second kappa shape index (κ2) is 6.49. The molecular formula is C12H21N3O3. The van der Waals surface area contributed by atoms with Crippen LogP contribution in [0, 0.1) is 5.92 Å². The fraction of sp³-hybridized carbons (Fsp3) is 0.750. The van der Waals surface area contributed by atoms with E-state index in [4.69, 9.17) is 5.73 Å². The minimum atomic E-state index is -0.537. The van der Waals surface area contributed by atoms with Gasteiger partial charge in [0.05, 0.1) is 0 Å². The first kappa shape index (κ1) is 14.6. The highest BCUT2D eigenvalue weighted by molar-refractivity contribution is 6.04. The molecular weight excluding hydrogens is 234 g/mol. The summed E-state index contributed by atoms with van der Waals surface area (Å²) in [5, 5.41) is 2.25. The number of carbonyl (C=O) groups is 3. The van der Waals surface area contributed by atoms with Crippen LogP contribution in [-0.4, -0.2) is 41.8 Å². The maximum atomic E-state index is 12.1. The Hall–Kier alpha value is -1.43. The summed E-state index contributed by atoms with van der Waals surface area (Å²) in [6.07, 6.45) is 1.61. The van der Waals surface area contributed by atoms with E-state index in [-0.39, 0.29) is 24.3 Å². The van der Waals surface area contributed by atoms with Gasteiger partial charge in [0.2, 0.25) is 17.7 Å². The molecule has 18 heavy (non-hydrogen) atoms. The van der Waals surface area contributed by atoms with Gasteiger partial charge in [-0.15, -0.1) is 0 Å². The number of nitrogens with one attached hydrogen (secondary N) is 1. The monoisotopic (exact) mass is 255 g/mol. The smallest absolute Gasteiger partial charge is 0.249 e. The first-order chi connectivity index (χ1) is 8.53. The van der Waals surface area contributed by atoms with E-state index in [1.807, 2.05) is 13.8 Å². The van der Waals surface area contributed by atoms with Crippen molar-refractivity contribution in [2.45, 2.75) is 39.2 Å². The van der Waals surface area contributed by atoms with Gasteiger partial charge in [0.25, 0.3) is 0 Å². The highest BCUT2D eigenvalue weighted by Crippen LogP contribution is 2.15. The molecule has 6 heteroatoms. The van der Waals surface area contributed by atoms with Gasteiger partial charge in [-0.2, -0.15) is 0 Å². The lowest BCUT2D eigenvalue weighted by atomic mass is 10.0. The van der Waals surface area contributed by atoms with Crippen LogP contribution in [0.15, 0.2) is 0 Å². The first-order valence-corrected chi connectivity index (χ1v) is 6.36. The molecule has 2 unspecified atom stereocenters. The number of carbonyl (C=O) groups excluding carboxylic acids is 3. The third kappa shape index (κ3) is 3.29. The van der Waals surface area contributed by atoms with Crippen molar-refractivity contribution in [1.82, 2.24) is 10.2 Å². The normalized spacial score (nSPS) is 21.7. The average molecular weight is 255 g/mol. The molecule has 0 aliphatic carbocycles. The molecule has 1 saturated heterocycles. The summed E-state index contributed by atoms with van der Waals surface area (Å²) < 4.78 is 0. The van der Waals surface area contributed by atoms with Crippen LogP contribution < -0.4 is 11.1 Å². The number of piperazine rings is 1. The Labute approximate surface area is 107 Å². The summed E-state index contributed by atoms with van der Waals surface area (Å²) in [4.78, 5) is 36.4. The summed E-state index contributed by atoms with van der Waals surface area (Å²) in [6, 6.07) is -0.537. The first-order valence-electron chi connectivity index (χ1n) is 6.36. The summed E-state index contributed by atoms with van der Waals surface area (Å²) in [6.45, 7) is 4.19. The lowest BCUT2D eigenvalue weighted by Crippen LogP contribution is -2.59. The van der Waals surface area contributed by atoms with Gasteiger partial charge >= 0.3 is 0 Å². The van der Waals surface area contributed by atoms with E-state index in [1.54, 1.807) is 0 Å². The third-order valence-corrected chi connectivity index (χ3v) is 3.34. The Balaban J connectivity index is 2.74. The lowest BCUT2D eigenvalue weighted by Gasteiger charge is -2.34. The quantitative estimate of drug-likeness (QED) is 0.655. The Morgan fingerprint density at radius 1 is 1.50 bits per heavy atom. The number of hydrogen-bond donors (Lipinski definition) is 2. The minimum absolute atomic E-state index is 0.0376. The molecule has 102 valence electrons. The van der Waals surface area contributed by atoms with Crippen molar-refractivity contribution in [1.29, 1.82) is 0 Å². The van der Waals surface area contributed by atoms with E-state index >= 15 is 0 Å². The fourth-order valence-electron chi connectivity index (χ4n) is 2.09. The molecule has 3 N–H and O–H groups in total. The number of nitrogens with two attached hydrogens (primary N) is 1. The molecule has 1 aliphatic rings. The van der Waals surface area contributed by atoms with Gasteiger partial charge in [0.1, 0.15) is 12.6 Å². The largest absolute Gasteiger partial charge is 0.330 e. The lowest BCUT2D eigenvalue weighted by molar-refractivity contribution is -0.150. The highest BCUT2D eigenvalue weighted by Gasteiger charge is 2.35. The molecule has 0 saturated carbocycles. The molecule has 1 aliphatic heterocycles. The van der Waals surface area contributed by atoms with Crippen LogP contribution in [0.1, 0.15) is 33.1 Å². The second-order valence-electron chi connectivity index (χ2n) is 4.57. The summed E-state index contributed by atoms with van der Waals surface area (Å²) in [5.41, 5.74) is 5.57. The predicted octanol–water partition coefficient (Wildman–Crippen LogP) is -0.375. The predicted molar refractivity (Wildman–Crippen MR) is 66.4 cm³/mol. The van der Waals surface area contributed by atoms with E-state index in [0.29, 0.717) is 19.4 Å². The van der Waals surface area contributed by atoms with Crippen LogP contribution in [-0.2, 0) is 14.4 Å². The standard InChI is InChI=1S/C12H21N3O3/c1-3-8(6-13)5-11(17)15-7-10(16)14-12(18)9(15)4-2/h8-9H,3-7,13H2,1-2H3,(H,14,16,18). The van der Waals surface area contributed by atoms with Crippen molar-refractivity contribution in [3.63, 3.8) is 0 Å². The number of imide groups is 1. The Morgan fingerprint density at radius 3 is 2.67 bits per heavy atom. The molecule has 6 nitrogen and oxygen atoms in total. The van der Waals surface area contributed by atoms with Gasteiger partial charge in [0.15, 0.2) is 0 Å². The van der Waals surface area contributed by atoms with Crippen molar-refractivity contribution >= 4 is 17.7 Å². The summed E-state index contributed by atoms with van der Waals surface area (Å²) in [7, 11) is 0. The molecule has 0 radical (unpaired) electrons. The SMILES string of the molecule is CCC(CN)CC(=O)N1CC(=O)NC(=O)C1CC. The van der Waals surface area contributed by atoms with Crippen LogP contribution in [0.4, 0.5) is 0 Å². The molecule has 2 atom stereocenters. The van der Waals surface area contributed by atoms with Gasteiger partial charge in [-0.05, 0) is 18.9 Å². The molecule has 0 spiro atoms. The van der Waals surface area contributed by atoms with Crippen molar-refractivity contribution in [2.24, 2.45) is 11.7 Å². The van der Waals surface area contributed by atoms with Crippen LogP contribution in [0.5, 0.6) is 0 Å². The number of rotatable bonds is 5. The zero-order valence-electron chi connectivity index (χ0n) is 10.9. The van der Waals surface area contributed by atoms with E-state index in [9.17, 15) is 14.4 Å². The summed E-state index contributed by atoms with van der Waals surface area (Å²) in [5.74, 6) is -0.862. The average Bonchev–Trinajstić information content (AvgIpc) is 2.34. The van der Waals surface area contributed by atoms with Crippen molar-refractivity contribution in [2.75, 3.05) is 13.1 Å². The maximum Gasteiger partial charge on any atom is 0.249 e. The van der Waals surface area contributed by atoms with Crippen molar-refractivity contribution in [3.8, 4) is 0 Å². The molecule has 0 aromatic heterocycles. The third-order valence-electron chi connectivity index (χ3n) is 3.34. The topological polar surface area (TPSA) is 92.5 Å². The van der Waals surface area contributed by atoms with Gasteiger partial charge in [-0.1, -0.05) is 20.3 Å². The molecule has 3 amide bonds. The van der Waals surface area contributed by atoms with E-state index in [2.05, 4.69) is 5.32 Å². The second-order valence-corrected chi connectivity index (χ2v) is 4.57. The maximum absolute atomic E-state index is 12.1. The Kier molecular flexibility index (Phi) is 5.27. The number of amides is 3. The van der Waals surface area contributed by atoms with Gasteiger partial charge in [-0.25, -0.2) is 0 Å². The zero-order valence-corrected chi connectivity index (χ0v) is 10.9. The van der Waals surface area contributed by atoms with Gasteiger partial charge in [-0.3, -0.25) is 19.7 Å². The van der Waals surface area contributed by atoms with Crippen LogP contribution in [0.2, 0.25) is 0 Å². The molecule has 0 bridgehead atoms. The van der Waals surface area contributed by atoms with E-state index in [1.165, 1.54) is 4.90 Å². The molecule has 1 heterocycles. The van der Waals surface area contributed by atoms with Gasteiger partial charge in [0, 0.05) is 6.42 Å². The molecule has 0 aromatic rings. The van der Waals surface area contributed by atoms with Crippen molar-refractivity contribution in [3.05, 3.63) is 0 Å². The number of hydrogen-bond acceptors (Lipinski definition) is 4. The van der Waals surface area contributed by atoms with Gasteiger partial charge < -0.3 is 10.6 Å². The van der Waals surface area contributed by atoms with E-state index < -0.39 is 11.9 Å². The molecule has 1 rings (SSSR count). The molecule has 0 aromatic carbocycles. The van der Waals surface area contributed by atoms with E-state index in [0.717, 1.165) is 6.42 Å². The summed E-state index contributed by atoms with van der Waals surface area (Å²) >= 11 is 0. The van der Waals surface area contributed by atoms with Crippen LogP contribution >= 0.6 is 0 Å². The highest BCUT2D eigenvalue weighted by atomic mass is 16.2. The Morgan fingerprint density at radius 2 is 2.17 bits per heavy atom. The van der Waals surface area contributed by atoms with Crippen LogP contribution in [0.25, 0.3) is 0 Å². The van der Waals surface area contributed by atoms with Crippen LogP contribution in [0.3, 0.4) is 0 Å². The molecule has 1 fully saturated rings.